The van der Waals surface area contributed by atoms with Gasteiger partial charge >= 0.3 is 0 Å². The van der Waals surface area contributed by atoms with Crippen LogP contribution in [0.15, 0.2) is 42.7 Å². The molecule has 1 saturated heterocycles. The van der Waals surface area contributed by atoms with E-state index in [1.54, 1.807) is 44.6 Å². The fraction of sp³-hybridized carbons (Fsp3) is 0.435. The van der Waals surface area contributed by atoms with Gasteiger partial charge in [-0.25, -0.2) is 0 Å². The molecule has 1 atom stereocenters. The van der Waals surface area contributed by atoms with Crippen LogP contribution >= 0.6 is 0 Å². The summed E-state index contributed by atoms with van der Waals surface area (Å²) in [5.74, 6) is 0.989. The van der Waals surface area contributed by atoms with E-state index in [-0.39, 0.29) is 24.0 Å². The van der Waals surface area contributed by atoms with Crippen molar-refractivity contribution in [1.82, 2.24) is 15.2 Å². The van der Waals surface area contributed by atoms with Crippen LogP contribution in [0.3, 0.4) is 0 Å². The molecule has 1 N–H and O–H groups in total. The van der Waals surface area contributed by atoms with Crippen molar-refractivity contribution in [3.8, 4) is 11.5 Å². The minimum Gasteiger partial charge on any atom is -0.497 e. The summed E-state index contributed by atoms with van der Waals surface area (Å²) in [4.78, 5) is 30.5. The first kappa shape index (κ1) is 21.6. The highest BCUT2D eigenvalue weighted by molar-refractivity contribution is 5.97. The first-order chi connectivity index (χ1) is 14.5. The number of carbonyl (C=O) groups excluding carboxylic acids is 2. The number of hydrogen-bond acceptors (Lipinski definition) is 5. The number of rotatable bonds is 7. The van der Waals surface area contributed by atoms with E-state index in [1.807, 2.05) is 24.0 Å². The summed E-state index contributed by atoms with van der Waals surface area (Å²) in [5.41, 5.74) is 1.44. The number of amides is 2. The van der Waals surface area contributed by atoms with Crippen molar-refractivity contribution in [3.05, 3.63) is 53.9 Å². The minimum atomic E-state index is -0.214. The van der Waals surface area contributed by atoms with Crippen molar-refractivity contribution < 1.29 is 19.1 Å². The molecule has 160 valence electrons. The van der Waals surface area contributed by atoms with E-state index in [9.17, 15) is 9.59 Å². The molecule has 30 heavy (non-hydrogen) atoms. The Morgan fingerprint density at radius 3 is 2.50 bits per heavy atom. The molecule has 7 nitrogen and oxygen atoms in total. The summed E-state index contributed by atoms with van der Waals surface area (Å²) < 4.78 is 11.5. The lowest BCUT2D eigenvalue weighted by Gasteiger charge is -2.32. The van der Waals surface area contributed by atoms with E-state index >= 15 is 0 Å². The number of hydrogen-bond donors (Lipinski definition) is 1. The molecule has 0 spiro atoms. The molecule has 2 heterocycles. The minimum absolute atomic E-state index is 0.0392. The summed E-state index contributed by atoms with van der Waals surface area (Å²) in [7, 11) is 1.57. The number of aromatic nitrogens is 1. The molecule has 0 saturated carbocycles. The molecule has 1 fully saturated rings. The predicted molar refractivity (Wildman–Crippen MR) is 114 cm³/mol. The van der Waals surface area contributed by atoms with Gasteiger partial charge in [-0.2, -0.15) is 0 Å². The lowest BCUT2D eigenvalue weighted by atomic mass is 10.0. The fourth-order valence-corrected chi connectivity index (χ4v) is 3.64. The van der Waals surface area contributed by atoms with Crippen LogP contribution < -0.4 is 14.8 Å². The van der Waals surface area contributed by atoms with Crippen LogP contribution in [0.4, 0.5) is 0 Å². The van der Waals surface area contributed by atoms with Gasteiger partial charge in [0, 0.05) is 45.2 Å². The number of piperidine rings is 1. The highest BCUT2D eigenvalue weighted by Gasteiger charge is 2.25. The Labute approximate surface area is 177 Å². The number of nitrogens with zero attached hydrogens (tertiary/aromatic N) is 2. The smallest absolute Gasteiger partial charge is 0.255 e. The van der Waals surface area contributed by atoms with Gasteiger partial charge in [0.15, 0.2) is 0 Å². The molecule has 0 bridgehead atoms. The van der Waals surface area contributed by atoms with E-state index in [0.29, 0.717) is 30.2 Å². The average Bonchev–Trinajstić information content (AvgIpc) is 2.78. The van der Waals surface area contributed by atoms with Crippen LogP contribution in [0.2, 0.25) is 0 Å². The molecule has 2 amide bonds. The molecule has 0 aliphatic carbocycles. The molecule has 1 aliphatic heterocycles. The lowest BCUT2D eigenvalue weighted by molar-refractivity contribution is -0.130. The van der Waals surface area contributed by atoms with Crippen molar-refractivity contribution in [2.45, 2.75) is 45.3 Å². The molecular formula is C23H29N3O4. The Balaban J connectivity index is 1.76. The monoisotopic (exact) mass is 411 g/mol. The molecule has 0 radical (unpaired) electrons. The number of benzene rings is 1. The molecule has 1 aliphatic rings. The van der Waals surface area contributed by atoms with E-state index in [1.165, 1.54) is 0 Å². The third kappa shape index (κ3) is 5.28. The molecular weight excluding hydrogens is 382 g/mol. The lowest BCUT2D eigenvalue weighted by Crippen LogP contribution is -2.40. The van der Waals surface area contributed by atoms with Gasteiger partial charge < -0.3 is 19.7 Å². The fourth-order valence-electron chi connectivity index (χ4n) is 3.64. The zero-order valence-electron chi connectivity index (χ0n) is 17.8. The zero-order chi connectivity index (χ0) is 21.5. The van der Waals surface area contributed by atoms with Crippen LogP contribution in [0.5, 0.6) is 11.5 Å². The second-order valence-corrected chi connectivity index (χ2v) is 7.40. The summed E-state index contributed by atoms with van der Waals surface area (Å²) in [6.07, 6.45) is 5.62. The normalized spacial score (nSPS) is 15.4. The van der Waals surface area contributed by atoms with Crippen LogP contribution in [0.25, 0.3) is 0 Å². The van der Waals surface area contributed by atoms with E-state index < -0.39 is 0 Å². The van der Waals surface area contributed by atoms with Crippen LogP contribution in [0, 0.1) is 0 Å². The molecule has 2 aromatic rings. The van der Waals surface area contributed by atoms with E-state index in [4.69, 9.17) is 9.47 Å². The number of nitrogens with one attached hydrogen (secondary N) is 1. The Morgan fingerprint density at radius 1 is 1.20 bits per heavy atom. The van der Waals surface area contributed by atoms with Crippen molar-refractivity contribution in [3.63, 3.8) is 0 Å². The van der Waals surface area contributed by atoms with Gasteiger partial charge in [-0.3, -0.25) is 14.6 Å². The second-order valence-electron chi connectivity index (χ2n) is 7.40. The number of ether oxygens (including phenoxy) is 2. The quantitative estimate of drug-likeness (QED) is 0.756. The Kier molecular flexibility index (Phi) is 7.27. The summed E-state index contributed by atoms with van der Waals surface area (Å²) >= 11 is 0. The average molecular weight is 412 g/mol. The Bertz CT molecular complexity index is 864. The maximum atomic E-state index is 13.1. The Hall–Kier alpha value is -3.09. The maximum absolute atomic E-state index is 13.1. The maximum Gasteiger partial charge on any atom is 0.255 e. The largest absolute Gasteiger partial charge is 0.497 e. The third-order valence-electron chi connectivity index (χ3n) is 5.43. The Morgan fingerprint density at radius 2 is 1.90 bits per heavy atom. The van der Waals surface area contributed by atoms with E-state index in [2.05, 4.69) is 10.3 Å². The van der Waals surface area contributed by atoms with Gasteiger partial charge in [-0.05, 0) is 42.3 Å². The van der Waals surface area contributed by atoms with Crippen molar-refractivity contribution in [2.75, 3.05) is 20.2 Å². The van der Waals surface area contributed by atoms with Gasteiger partial charge in [0.25, 0.3) is 5.91 Å². The first-order valence-electron chi connectivity index (χ1n) is 10.3. The summed E-state index contributed by atoms with van der Waals surface area (Å²) in [5, 5.41) is 3.10. The van der Waals surface area contributed by atoms with E-state index in [0.717, 1.165) is 24.8 Å². The predicted octanol–water partition coefficient (Wildman–Crippen LogP) is 3.36. The number of methoxy groups -OCH3 is 1. The van der Waals surface area contributed by atoms with Gasteiger partial charge in [-0.15, -0.1) is 0 Å². The van der Waals surface area contributed by atoms with Crippen molar-refractivity contribution >= 4 is 11.8 Å². The molecule has 1 aromatic heterocycles. The van der Waals surface area contributed by atoms with Gasteiger partial charge in [-0.1, -0.05) is 6.92 Å². The molecule has 3 rings (SSSR count). The number of pyridine rings is 1. The highest BCUT2D eigenvalue weighted by Crippen LogP contribution is 2.28. The first-order valence-corrected chi connectivity index (χ1v) is 10.3. The zero-order valence-corrected chi connectivity index (χ0v) is 17.8. The second kappa shape index (κ2) is 10.1. The molecule has 0 unspecified atom stereocenters. The highest BCUT2D eigenvalue weighted by atomic mass is 16.5. The van der Waals surface area contributed by atoms with Gasteiger partial charge in [0.2, 0.25) is 5.91 Å². The molecule has 1 aromatic carbocycles. The summed E-state index contributed by atoms with van der Waals surface area (Å²) in [6.45, 7) is 4.94. The van der Waals surface area contributed by atoms with Crippen LogP contribution in [-0.4, -0.2) is 48.0 Å². The standard InChI is InChI=1S/C23H29N3O4/c1-4-21(17-7-11-24-12-8-17)25-23(28)20-15-19(29-3)5-6-22(20)30-18-9-13-26(14-10-18)16(2)27/h5-8,11-12,15,18,21H,4,9-10,13-14H2,1-3H3,(H,25,28)/t21-/m1/s1. The van der Waals surface area contributed by atoms with Crippen molar-refractivity contribution in [1.29, 1.82) is 0 Å². The summed E-state index contributed by atoms with van der Waals surface area (Å²) in [6, 6.07) is 8.95. The molecule has 7 heteroatoms. The van der Waals surface area contributed by atoms with Crippen LogP contribution in [-0.2, 0) is 4.79 Å². The number of carbonyl (C=O) groups is 2. The van der Waals surface area contributed by atoms with Crippen molar-refractivity contribution in [2.24, 2.45) is 0 Å². The number of likely N-dealkylation sites (tertiary alicyclic amines) is 1. The van der Waals surface area contributed by atoms with Gasteiger partial charge in [0.05, 0.1) is 18.7 Å². The topological polar surface area (TPSA) is 80.8 Å². The third-order valence-corrected chi connectivity index (χ3v) is 5.43. The van der Waals surface area contributed by atoms with Gasteiger partial charge in [0.1, 0.15) is 17.6 Å². The van der Waals surface area contributed by atoms with Crippen LogP contribution in [0.1, 0.15) is 55.1 Å². The SMILES string of the molecule is CC[C@@H](NC(=O)c1cc(OC)ccc1OC1CCN(C(C)=O)CC1)c1ccncc1.